The maximum absolute atomic E-state index is 13.8. The van der Waals surface area contributed by atoms with Gasteiger partial charge in [0.2, 0.25) is 5.91 Å². The number of halogens is 1. The average molecular weight is 334 g/mol. The van der Waals surface area contributed by atoms with Crippen molar-refractivity contribution < 1.29 is 13.9 Å². The Balaban J connectivity index is 1.80. The molecule has 1 aromatic rings. The Morgan fingerprint density at radius 2 is 2.04 bits per heavy atom. The zero-order chi connectivity index (χ0) is 17.0. The molecule has 0 aliphatic carbocycles. The van der Waals surface area contributed by atoms with Crippen molar-refractivity contribution in [2.75, 3.05) is 39.9 Å². The summed E-state index contributed by atoms with van der Waals surface area (Å²) in [4.78, 5) is 15.4. The highest BCUT2D eigenvalue weighted by atomic mass is 19.1. The van der Waals surface area contributed by atoms with Crippen molar-refractivity contribution in [3.05, 3.63) is 35.6 Å². The standard InChI is InChI=1S/C19H27FN2O2/c1-21-14-15-5-9-22(10-6-15)18(23)19(7-11-24-12-8-19)16-3-2-4-17(20)13-16/h2-4,13,15,21H,5-12,14H2,1H3. The summed E-state index contributed by atoms with van der Waals surface area (Å²) >= 11 is 0. The minimum atomic E-state index is -0.629. The van der Waals surface area contributed by atoms with Crippen LogP contribution in [0.15, 0.2) is 24.3 Å². The van der Waals surface area contributed by atoms with Crippen LogP contribution in [0.4, 0.5) is 4.39 Å². The van der Waals surface area contributed by atoms with Crippen LogP contribution in [0.1, 0.15) is 31.2 Å². The van der Waals surface area contributed by atoms with Gasteiger partial charge in [0.05, 0.1) is 5.41 Å². The van der Waals surface area contributed by atoms with Crippen molar-refractivity contribution in [2.24, 2.45) is 5.92 Å². The van der Waals surface area contributed by atoms with Crippen LogP contribution in [0.3, 0.4) is 0 Å². The number of rotatable bonds is 4. The lowest BCUT2D eigenvalue weighted by Crippen LogP contribution is -2.52. The molecule has 24 heavy (non-hydrogen) atoms. The number of hydrogen-bond donors (Lipinski definition) is 1. The molecule has 0 aromatic heterocycles. The summed E-state index contributed by atoms with van der Waals surface area (Å²) in [5.74, 6) is 0.511. The molecule has 0 unspecified atom stereocenters. The topological polar surface area (TPSA) is 41.6 Å². The third kappa shape index (κ3) is 3.47. The van der Waals surface area contributed by atoms with Gasteiger partial charge >= 0.3 is 0 Å². The second-order valence-corrected chi connectivity index (χ2v) is 7.00. The molecule has 1 N–H and O–H groups in total. The predicted molar refractivity (Wildman–Crippen MR) is 91.4 cm³/mol. The van der Waals surface area contributed by atoms with Crippen LogP contribution in [0.5, 0.6) is 0 Å². The van der Waals surface area contributed by atoms with E-state index in [4.69, 9.17) is 4.74 Å². The number of piperidine rings is 1. The molecule has 3 rings (SSSR count). The quantitative estimate of drug-likeness (QED) is 0.919. The Kier molecular flexibility index (Phi) is 5.51. The predicted octanol–water partition coefficient (Wildman–Crippen LogP) is 2.33. The summed E-state index contributed by atoms with van der Waals surface area (Å²) in [6, 6.07) is 6.55. The highest BCUT2D eigenvalue weighted by Crippen LogP contribution is 2.38. The lowest BCUT2D eigenvalue weighted by Gasteiger charge is -2.42. The van der Waals surface area contributed by atoms with Gasteiger partial charge in [0.25, 0.3) is 0 Å². The van der Waals surface area contributed by atoms with Crippen molar-refractivity contribution in [1.29, 1.82) is 0 Å². The van der Waals surface area contributed by atoms with Crippen LogP contribution < -0.4 is 5.32 Å². The summed E-state index contributed by atoms with van der Waals surface area (Å²) in [5.41, 5.74) is 0.170. The Bertz CT molecular complexity index is 564. The first-order valence-electron chi connectivity index (χ1n) is 8.93. The Labute approximate surface area is 143 Å². The fourth-order valence-electron chi connectivity index (χ4n) is 4.06. The summed E-state index contributed by atoms with van der Waals surface area (Å²) in [6.07, 6.45) is 3.32. The number of carbonyl (C=O) groups excluding carboxylic acids is 1. The summed E-state index contributed by atoms with van der Waals surface area (Å²) < 4.78 is 19.3. The molecular weight excluding hydrogens is 307 g/mol. The van der Waals surface area contributed by atoms with Gasteiger partial charge in [0.1, 0.15) is 5.82 Å². The van der Waals surface area contributed by atoms with E-state index in [2.05, 4.69) is 5.32 Å². The van der Waals surface area contributed by atoms with E-state index in [1.165, 1.54) is 12.1 Å². The van der Waals surface area contributed by atoms with E-state index in [0.29, 0.717) is 32.0 Å². The van der Waals surface area contributed by atoms with E-state index in [1.54, 1.807) is 6.07 Å². The number of nitrogens with one attached hydrogen (secondary N) is 1. The third-order valence-electron chi connectivity index (χ3n) is 5.53. The second-order valence-electron chi connectivity index (χ2n) is 7.00. The highest BCUT2D eigenvalue weighted by molar-refractivity contribution is 5.88. The number of nitrogens with zero attached hydrogens (tertiary/aromatic N) is 1. The molecule has 2 heterocycles. The summed E-state index contributed by atoms with van der Waals surface area (Å²) in [6.45, 7) is 3.70. The van der Waals surface area contributed by atoms with Crippen molar-refractivity contribution in [1.82, 2.24) is 10.2 Å². The van der Waals surface area contributed by atoms with E-state index in [-0.39, 0.29) is 11.7 Å². The number of likely N-dealkylation sites (tertiary alicyclic amines) is 1. The van der Waals surface area contributed by atoms with Crippen LogP contribution in [-0.2, 0) is 14.9 Å². The van der Waals surface area contributed by atoms with Gasteiger partial charge in [0.15, 0.2) is 0 Å². The Morgan fingerprint density at radius 1 is 1.33 bits per heavy atom. The van der Waals surface area contributed by atoms with Crippen molar-refractivity contribution in [3.8, 4) is 0 Å². The minimum Gasteiger partial charge on any atom is -0.381 e. The van der Waals surface area contributed by atoms with E-state index >= 15 is 0 Å². The zero-order valence-electron chi connectivity index (χ0n) is 14.4. The molecule has 5 heteroatoms. The molecule has 2 aliphatic heterocycles. The SMILES string of the molecule is CNCC1CCN(C(=O)C2(c3cccc(F)c3)CCOCC2)CC1. The van der Waals surface area contributed by atoms with Crippen molar-refractivity contribution in [2.45, 2.75) is 31.1 Å². The molecule has 2 saturated heterocycles. The van der Waals surface area contributed by atoms with E-state index in [0.717, 1.165) is 38.0 Å². The van der Waals surface area contributed by atoms with Gasteiger partial charge in [-0.2, -0.15) is 0 Å². The van der Waals surface area contributed by atoms with Crippen molar-refractivity contribution in [3.63, 3.8) is 0 Å². The van der Waals surface area contributed by atoms with Crippen LogP contribution >= 0.6 is 0 Å². The number of benzene rings is 1. The Hall–Kier alpha value is -1.46. The van der Waals surface area contributed by atoms with Gasteiger partial charge in [-0.1, -0.05) is 12.1 Å². The maximum atomic E-state index is 13.8. The number of hydrogen-bond acceptors (Lipinski definition) is 3. The second kappa shape index (κ2) is 7.62. The van der Waals surface area contributed by atoms with E-state index in [9.17, 15) is 9.18 Å². The molecule has 0 spiro atoms. The van der Waals surface area contributed by atoms with Gasteiger partial charge in [-0.3, -0.25) is 4.79 Å². The van der Waals surface area contributed by atoms with E-state index < -0.39 is 5.41 Å². The van der Waals surface area contributed by atoms with Crippen LogP contribution in [-0.4, -0.2) is 50.7 Å². The first-order valence-corrected chi connectivity index (χ1v) is 8.93. The normalized spacial score (nSPS) is 21.7. The smallest absolute Gasteiger partial charge is 0.233 e. The lowest BCUT2D eigenvalue weighted by molar-refractivity contribution is -0.142. The minimum absolute atomic E-state index is 0.152. The maximum Gasteiger partial charge on any atom is 0.233 e. The molecule has 4 nitrogen and oxygen atoms in total. The molecular formula is C19H27FN2O2. The average Bonchev–Trinajstić information content (AvgIpc) is 2.63. The Morgan fingerprint density at radius 3 is 2.67 bits per heavy atom. The van der Waals surface area contributed by atoms with Crippen molar-refractivity contribution >= 4 is 5.91 Å². The fourth-order valence-corrected chi connectivity index (χ4v) is 4.06. The van der Waals surface area contributed by atoms with Gasteiger partial charge in [-0.25, -0.2) is 4.39 Å². The van der Waals surface area contributed by atoms with Gasteiger partial charge in [-0.05, 0) is 62.9 Å². The van der Waals surface area contributed by atoms with E-state index in [1.807, 2.05) is 18.0 Å². The summed E-state index contributed by atoms with van der Waals surface area (Å²) in [5, 5.41) is 3.22. The first kappa shape index (κ1) is 17.4. The summed E-state index contributed by atoms with van der Waals surface area (Å²) in [7, 11) is 1.97. The molecule has 2 aliphatic rings. The largest absolute Gasteiger partial charge is 0.381 e. The molecule has 0 atom stereocenters. The number of ether oxygens (including phenoxy) is 1. The molecule has 1 amide bonds. The number of amides is 1. The number of carbonyl (C=O) groups is 1. The third-order valence-corrected chi connectivity index (χ3v) is 5.53. The van der Waals surface area contributed by atoms with Crippen LogP contribution in [0, 0.1) is 11.7 Å². The molecule has 0 bridgehead atoms. The monoisotopic (exact) mass is 334 g/mol. The molecule has 2 fully saturated rings. The molecule has 1 aromatic carbocycles. The fraction of sp³-hybridized carbons (Fsp3) is 0.632. The molecule has 0 saturated carbocycles. The highest BCUT2D eigenvalue weighted by Gasteiger charge is 2.44. The molecule has 0 radical (unpaired) electrons. The lowest BCUT2D eigenvalue weighted by atomic mass is 9.72. The van der Waals surface area contributed by atoms with Crippen LogP contribution in [0.2, 0.25) is 0 Å². The van der Waals surface area contributed by atoms with Gasteiger partial charge in [-0.15, -0.1) is 0 Å². The van der Waals surface area contributed by atoms with Gasteiger partial charge < -0.3 is 15.0 Å². The first-order chi connectivity index (χ1) is 11.7. The van der Waals surface area contributed by atoms with Crippen LogP contribution in [0.25, 0.3) is 0 Å². The molecule has 132 valence electrons. The zero-order valence-corrected chi connectivity index (χ0v) is 14.4. The van der Waals surface area contributed by atoms with Gasteiger partial charge in [0, 0.05) is 26.3 Å².